The lowest BCUT2D eigenvalue weighted by Crippen LogP contribution is -2.36. The van der Waals surface area contributed by atoms with Gasteiger partial charge in [-0.2, -0.15) is 0 Å². The van der Waals surface area contributed by atoms with Crippen LogP contribution in [0.2, 0.25) is 0 Å². The van der Waals surface area contributed by atoms with Crippen molar-refractivity contribution in [3.05, 3.63) is 35.6 Å². The highest BCUT2D eigenvalue weighted by atomic mass is 19.1. The summed E-state index contributed by atoms with van der Waals surface area (Å²) >= 11 is 0. The molecule has 1 aromatic rings. The first-order valence-corrected chi connectivity index (χ1v) is 6.19. The molecule has 1 unspecified atom stereocenters. The summed E-state index contributed by atoms with van der Waals surface area (Å²) in [6.07, 6.45) is 0.758. The highest BCUT2D eigenvalue weighted by Gasteiger charge is 2.24. The molecule has 0 spiro atoms. The lowest BCUT2D eigenvalue weighted by Gasteiger charge is -2.12. The number of hydrogen-bond acceptors (Lipinski definition) is 3. The monoisotopic (exact) mass is 267 g/mol. The van der Waals surface area contributed by atoms with Crippen LogP contribution in [-0.4, -0.2) is 25.5 Å². The van der Waals surface area contributed by atoms with Crippen molar-refractivity contribution in [2.45, 2.75) is 19.8 Å². The molecule has 0 radical (unpaired) electrons. The molecule has 0 fully saturated rings. The van der Waals surface area contributed by atoms with E-state index in [1.807, 2.05) is 0 Å². The zero-order chi connectivity index (χ0) is 14.3. The first kappa shape index (κ1) is 15.1. The van der Waals surface area contributed by atoms with Crippen LogP contribution in [0.25, 0.3) is 0 Å². The molecule has 0 aliphatic rings. The van der Waals surface area contributed by atoms with Gasteiger partial charge in [-0.1, -0.05) is 25.1 Å². The van der Waals surface area contributed by atoms with E-state index >= 15 is 0 Å². The number of benzene rings is 1. The molecule has 0 bridgehead atoms. The number of esters is 1. The lowest BCUT2D eigenvalue weighted by molar-refractivity contribution is -0.150. The highest BCUT2D eigenvalue weighted by Crippen LogP contribution is 2.07. The number of carbonyl (C=O) groups is 2. The van der Waals surface area contributed by atoms with Crippen molar-refractivity contribution < 1.29 is 18.7 Å². The average molecular weight is 267 g/mol. The van der Waals surface area contributed by atoms with E-state index in [0.29, 0.717) is 18.4 Å². The van der Waals surface area contributed by atoms with E-state index in [9.17, 15) is 14.0 Å². The van der Waals surface area contributed by atoms with Crippen LogP contribution in [0.1, 0.15) is 18.9 Å². The molecule has 0 saturated heterocycles. The van der Waals surface area contributed by atoms with Crippen LogP contribution in [-0.2, 0) is 20.7 Å². The van der Waals surface area contributed by atoms with Gasteiger partial charge in [0.2, 0.25) is 5.91 Å². The first-order chi connectivity index (χ1) is 9.10. The zero-order valence-corrected chi connectivity index (χ0v) is 11.1. The van der Waals surface area contributed by atoms with E-state index < -0.39 is 11.9 Å². The third-order valence-electron chi connectivity index (χ3n) is 2.86. The van der Waals surface area contributed by atoms with Crippen molar-refractivity contribution in [3.63, 3.8) is 0 Å². The van der Waals surface area contributed by atoms with Gasteiger partial charge in [0.05, 0.1) is 7.11 Å². The van der Waals surface area contributed by atoms with Gasteiger partial charge < -0.3 is 10.1 Å². The van der Waals surface area contributed by atoms with E-state index in [1.54, 1.807) is 25.1 Å². The molecule has 0 aliphatic heterocycles. The number of nitrogens with one attached hydrogen (secondary N) is 1. The third-order valence-corrected chi connectivity index (χ3v) is 2.86. The Balaban J connectivity index is 2.46. The van der Waals surface area contributed by atoms with E-state index in [0.717, 1.165) is 0 Å². The van der Waals surface area contributed by atoms with E-state index in [4.69, 9.17) is 0 Å². The molecule has 0 aromatic heterocycles. The molecule has 1 N–H and O–H groups in total. The van der Waals surface area contributed by atoms with Gasteiger partial charge in [-0.3, -0.25) is 9.59 Å². The van der Waals surface area contributed by atoms with Gasteiger partial charge in [-0.25, -0.2) is 4.39 Å². The SMILES string of the molecule is CCC(C(=O)NCCc1ccccc1F)C(=O)OC. The van der Waals surface area contributed by atoms with Gasteiger partial charge in [-0.15, -0.1) is 0 Å². The molecule has 5 heteroatoms. The number of methoxy groups -OCH3 is 1. The Kier molecular flexibility index (Phi) is 5.99. The van der Waals surface area contributed by atoms with Gasteiger partial charge >= 0.3 is 5.97 Å². The lowest BCUT2D eigenvalue weighted by atomic mass is 10.1. The zero-order valence-electron chi connectivity index (χ0n) is 11.1. The number of hydrogen-bond donors (Lipinski definition) is 1. The topological polar surface area (TPSA) is 55.4 Å². The second-order valence-corrected chi connectivity index (χ2v) is 4.12. The number of carbonyl (C=O) groups excluding carboxylic acids is 2. The minimum absolute atomic E-state index is 0.285. The molecule has 1 aromatic carbocycles. The fraction of sp³-hybridized carbons (Fsp3) is 0.429. The van der Waals surface area contributed by atoms with Gasteiger partial charge in [0.15, 0.2) is 0 Å². The fourth-order valence-corrected chi connectivity index (χ4v) is 1.75. The number of rotatable bonds is 6. The Hall–Kier alpha value is -1.91. The summed E-state index contributed by atoms with van der Waals surface area (Å²) < 4.78 is 17.9. The summed E-state index contributed by atoms with van der Waals surface area (Å²) in [7, 11) is 1.25. The Morgan fingerprint density at radius 2 is 2.05 bits per heavy atom. The average Bonchev–Trinajstić information content (AvgIpc) is 2.41. The van der Waals surface area contributed by atoms with Crippen LogP contribution < -0.4 is 5.32 Å². The van der Waals surface area contributed by atoms with Gasteiger partial charge in [0.25, 0.3) is 0 Å². The van der Waals surface area contributed by atoms with Crippen molar-refractivity contribution in [2.75, 3.05) is 13.7 Å². The normalized spacial score (nSPS) is 11.7. The number of amides is 1. The molecular formula is C14H18FNO3. The third kappa shape index (κ3) is 4.35. The minimum atomic E-state index is -0.800. The number of ether oxygens (including phenoxy) is 1. The van der Waals surface area contributed by atoms with E-state index in [-0.39, 0.29) is 18.3 Å². The van der Waals surface area contributed by atoms with E-state index in [1.165, 1.54) is 13.2 Å². The van der Waals surface area contributed by atoms with Gasteiger partial charge in [-0.05, 0) is 24.5 Å². The molecule has 1 rings (SSSR count). The van der Waals surface area contributed by atoms with Crippen molar-refractivity contribution in [1.82, 2.24) is 5.32 Å². The molecular weight excluding hydrogens is 249 g/mol. The second-order valence-electron chi connectivity index (χ2n) is 4.12. The van der Waals surface area contributed by atoms with Crippen molar-refractivity contribution in [2.24, 2.45) is 5.92 Å². The quantitative estimate of drug-likeness (QED) is 0.630. The summed E-state index contributed by atoms with van der Waals surface area (Å²) in [5, 5.41) is 2.62. The summed E-state index contributed by atoms with van der Waals surface area (Å²) in [4.78, 5) is 23.1. The molecule has 1 atom stereocenters. The maximum absolute atomic E-state index is 13.3. The van der Waals surface area contributed by atoms with Gasteiger partial charge in [0.1, 0.15) is 11.7 Å². The van der Waals surface area contributed by atoms with Crippen molar-refractivity contribution in [3.8, 4) is 0 Å². The molecule has 0 heterocycles. The van der Waals surface area contributed by atoms with Crippen molar-refractivity contribution in [1.29, 1.82) is 0 Å². The van der Waals surface area contributed by atoms with Crippen LogP contribution in [0.5, 0.6) is 0 Å². The van der Waals surface area contributed by atoms with Crippen LogP contribution in [0, 0.1) is 11.7 Å². The molecule has 0 aliphatic carbocycles. The maximum atomic E-state index is 13.3. The highest BCUT2D eigenvalue weighted by molar-refractivity contribution is 5.97. The Bertz CT molecular complexity index is 448. The fourth-order valence-electron chi connectivity index (χ4n) is 1.75. The number of halogens is 1. The largest absolute Gasteiger partial charge is 0.468 e. The summed E-state index contributed by atoms with van der Waals surface area (Å²) in [6, 6.07) is 6.39. The van der Waals surface area contributed by atoms with Crippen LogP contribution >= 0.6 is 0 Å². The molecule has 1 amide bonds. The summed E-state index contributed by atoms with van der Waals surface area (Å²) in [5.74, 6) is -2.03. The maximum Gasteiger partial charge on any atom is 0.318 e. The first-order valence-electron chi connectivity index (χ1n) is 6.19. The molecule has 104 valence electrons. The predicted molar refractivity (Wildman–Crippen MR) is 68.9 cm³/mol. The smallest absolute Gasteiger partial charge is 0.318 e. The predicted octanol–water partition coefficient (Wildman–Crippen LogP) is 1.68. The Morgan fingerprint density at radius 3 is 2.63 bits per heavy atom. The molecule has 19 heavy (non-hydrogen) atoms. The van der Waals surface area contributed by atoms with Gasteiger partial charge in [0, 0.05) is 6.54 Å². The molecule has 0 saturated carbocycles. The minimum Gasteiger partial charge on any atom is -0.468 e. The molecule has 4 nitrogen and oxygen atoms in total. The van der Waals surface area contributed by atoms with Crippen LogP contribution in [0.15, 0.2) is 24.3 Å². The second kappa shape index (κ2) is 7.51. The summed E-state index contributed by atoms with van der Waals surface area (Å²) in [5.41, 5.74) is 0.536. The Morgan fingerprint density at radius 1 is 1.37 bits per heavy atom. The standard InChI is InChI=1S/C14H18FNO3/c1-3-11(14(18)19-2)13(17)16-9-8-10-6-4-5-7-12(10)15/h4-7,11H,3,8-9H2,1-2H3,(H,16,17). The van der Waals surface area contributed by atoms with Crippen LogP contribution in [0.4, 0.5) is 4.39 Å². The Labute approximate surface area is 112 Å². The van der Waals surface area contributed by atoms with Crippen molar-refractivity contribution >= 4 is 11.9 Å². The summed E-state index contributed by atoms with van der Waals surface area (Å²) in [6.45, 7) is 2.02. The van der Waals surface area contributed by atoms with E-state index in [2.05, 4.69) is 10.1 Å². The van der Waals surface area contributed by atoms with Crippen LogP contribution in [0.3, 0.4) is 0 Å².